The Morgan fingerprint density at radius 2 is 1.77 bits per heavy atom. The molecule has 1 unspecified atom stereocenters. The summed E-state index contributed by atoms with van der Waals surface area (Å²) < 4.78 is 34.6. The summed E-state index contributed by atoms with van der Waals surface area (Å²) in [6.45, 7) is 1.85. The third kappa shape index (κ3) is 6.96. The fourth-order valence-electron chi connectivity index (χ4n) is 5.66. The largest absolute Gasteiger partial charge is 0.477 e. The molecule has 0 bridgehead atoms. The maximum Gasteiger partial charge on any atom is 0.298 e. The fourth-order valence-corrected chi connectivity index (χ4v) is 5.66. The molecule has 4 nitrogen and oxygen atoms in total. The lowest BCUT2D eigenvalue weighted by molar-refractivity contribution is -0.106. The molecule has 2 aromatic rings. The summed E-state index contributed by atoms with van der Waals surface area (Å²) in [6.07, 6.45) is 15.3. The number of nitrogens with zero attached hydrogens (tertiary/aromatic N) is 1. The van der Waals surface area contributed by atoms with E-state index in [0.717, 1.165) is 73.9 Å². The summed E-state index contributed by atoms with van der Waals surface area (Å²) in [5.74, 6) is -1.88. The van der Waals surface area contributed by atoms with Crippen LogP contribution in [0, 0.1) is 5.92 Å². The minimum atomic E-state index is -3.25. The standard InChI is InChI=1S/C33H40F2N2O2/c1-24(38)33(34,35)28-15-11-25(12-16-28)22-32(19-20-32)37-29-17-13-27(14-18-29)30-10-6-3-7-21-36-31(30)39-23-26-8-4-2-5-9-26/h3,7,11-18,21,24,26,37-38H,2,4-6,8-10,19-20,22-23H2,1H3. The number of aliphatic hydroxyl groups excluding tert-OH is 1. The lowest BCUT2D eigenvalue weighted by Crippen LogP contribution is -2.28. The topological polar surface area (TPSA) is 53.8 Å². The van der Waals surface area contributed by atoms with Crippen LogP contribution >= 0.6 is 0 Å². The van der Waals surface area contributed by atoms with Crippen LogP contribution in [0.3, 0.4) is 0 Å². The van der Waals surface area contributed by atoms with E-state index in [1.54, 1.807) is 12.1 Å². The number of hydrogen-bond donors (Lipinski definition) is 2. The van der Waals surface area contributed by atoms with Gasteiger partial charge in [0.05, 0.1) is 6.61 Å². The van der Waals surface area contributed by atoms with E-state index in [1.165, 1.54) is 44.2 Å². The van der Waals surface area contributed by atoms with Crippen LogP contribution in [0.15, 0.2) is 71.6 Å². The van der Waals surface area contributed by atoms with Gasteiger partial charge in [0.15, 0.2) is 0 Å². The average Bonchev–Trinajstić information content (AvgIpc) is 3.68. The molecule has 2 saturated carbocycles. The van der Waals surface area contributed by atoms with Gasteiger partial charge in [0.25, 0.3) is 5.92 Å². The molecule has 0 saturated heterocycles. The predicted octanol–water partition coefficient (Wildman–Crippen LogP) is 8.03. The highest BCUT2D eigenvalue weighted by atomic mass is 19.3. The van der Waals surface area contributed by atoms with Crippen LogP contribution in [0.4, 0.5) is 14.5 Å². The van der Waals surface area contributed by atoms with Crippen LogP contribution in [-0.2, 0) is 17.1 Å². The lowest BCUT2D eigenvalue weighted by atomic mass is 9.90. The van der Waals surface area contributed by atoms with Crippen molar-refractivity contribution in [2.24, 2.45) is 10.9 Å². The van der Waals surface area contributed by atoms with Crippen LogP contribution in [0.25, 0.3) is 5.57 Å². The first kappa shape index (κ1) is 27.6. The number of hydrogen-bond acceptors (Lipinski definition) is 4. The van der Waals surface area contributed by atoms with Crippen LogP contribution in [-0.4, -0.2) is 29.6 Å². The van der Waals surface area contributed by atoms with Gasteiger partial charge in [-0.15, -0.1) is 0 Å². The van der Waals surface area contributed by atoms with Crippen LogP contribution in [0.2, 0.25) is 0 Å². The molecule has 208 valence electrons. The smallest absolute Gasteiger partial charge is 0.298 e. The Morgan fingerprint density at radius 3 is 2.44 bits per heavy atom. The number of aliphatic imine (C=N–C) groups is 1. The van der Waals surface area contributed by atoms with Crippen molar-refractivity contribution in [3.8, 4) is 0 Å². The number of anilines is 1. The predicted molar refractivity (Wildman–Crippen MR) is 154 cm³/mol. The Kier molecular flexibility index (Phi) is 8.51. The van der Waals surface area contributed by atoms with Gasteiger partial charge >= 0.3 is 0 Å². The van der Waals surface area contributed by atoms with Gasteiger partial charge in [-0.1, -0.05) is 61.7 Å². The number of ether oxygens (including phenoxy) is 1. The van der Waals surface area contributed by atoms with Crippen molar-refractivity contribution in [3.05, 3.63) is 83.3 Å². The molecular formula is C33H40F2N2O2. The molecule has 2 aromatic carbocycles. The monoisotopic (exact) mass is 534 g/mol. The highest BCUT2D eigenvalue weighted by molar-refractivity contribution is 5.77. The van der Waals surface area contributed by atoms with Gasteiger partial charge in [-0.25, -0.2) is 4.99 Å². The van der Waals surface area contributed by atoms with Gasteiger partial charge in [0.2, 0.25) is 5.88 Å². The number of benzene rings is 2. The molecule has 6 heteroatoms. The highest BCUT2D eigenvalue weighted by Gasteiger charge is 2.43. The Labute approximate surface area is 230 Å². The summed E-state index contributed by atoms with van der Waals surface area (Å²) in [6, 6.07) is 14.9. The van der Waals surface area contributed by atoms with E-state index >= 15 is 0 Å². The Morgan fingerprint density at radius 1 is 1.05 bits per heavy atom. The Hall–Kier alpha value is -2.99. The molecule has 0 spiro atoms. The number of halogens is 2. The first-order valence-corrected chi connectivity index (χ1v) is 14.4. The molecule has 1 heterocycles. The van der Waals surface area contributed by atoms with Crippen molar-refractivity contribution in [2.45, 2.75) is 88.7 Å². The van der Waals surface area contributed by atoms with Crippen molar-refractivity contribution in [1.82, 2.24) is 0 Å². The molecular weight excluding hydrogens is 494 g/mol. The van der Waals surface area contributed by atoms with Gasteiger partial charge in [-0.05, 0) is 87.1 Å². The van der Waals surface area contributed by atoms with E-state index in [0.29, 0.717) is 5.92 Å². The molecule has 1 aliphatic heterocycles. The van der Waals surface area contributed by atoms with Crippen molar-refractivity contribution in [3.63, 3.8) is 0 Å². The summed E-state index contributed by atoms with van der Waals surface area (Å²) in [4.78, 5) is 4.66. The number of aliphatic hydroxyl groups is 1. The van der Waals surface area contributed by atoms with Crippen molar-refractivity contribution in [2.75, 3.05) is 11.9 Å². The second-order valence-corrected chi connectivity index (χ2v) is 11.5. The molecule has 0 radical (unpaired) electrons. The van der Waals surface area contributed by atoms with E-state index in [4.69, 9.17) is 4.74 Å². The van der Waals surface area contributed by atoms with E-state index in [-0.39, 0.29) is 11.1 Å². The lowest BCUT2D eigenvalue weighted by Gasteiger charge is -2.23. The number of allylic oxidation sites excluding steroid dienone is 3. The minimum absolute atomic E-state index is 0.0569. The Balaban J connectivity index is 1.25. The number of nitrogens with one attached hydrogen (secondary N) is 1. The minimum Gasteiger partial charge on any atom is -0.477 e. The van der Waals surface area contributed by atoms with Crippen LogP contribution in [0.1, 0.15) is 81.4 Å². The SMILES string of the molecule is CC(O)C(F)(F)c1ccc(CC2(Nc3ccc(C4=C(OCC5CCCCC5)N=CC=CCC4)cc3)CC2)cc1. The maximum absolute atomic E-state index is 14.1. The van der Waals surface area contributed by atoms with Gasteiger partial charge in [0, 0.05) is 28.6 Å². The van der Waals surface area contributed by atoms with E-state index in [1.807, 2.05) is 12.3 Å². The molecule has 2 N–H and O–H groups in total. The highest BCUT2D eigenvalue weighted by Crippen LogP contribution is 2.42. The first-order valence-electron chi connectivity index (χ1n) is 14.4. The second-order valence-electron chi connectivity index (χ2n) is 11.5. The number of alkyl halides is 2. The van der Waals surface area contributed by atoms with Crippen LogP contribution < -0.4 is 5.32 Å². The molecule has 0 amide bonds. The Bertz CT molecular complexity index is 1190. The second kappa shape index (κ2) is 12.0. The average molecular weight is 535 g/mol. The van der Waals surface area contributed by atoms with Crippen molar-refractivity contribution < 1.29 is 18.6 Å². The normalized spacial score (nSPS) is 20.3. The van der Waals surface area contributed by atoms with E-state index in [2.05, 4.69) is 40.7 Å². The quantitative estimate of drug-likeness (QED) is 0.324. The summed E-state index contributed by atoms with van der Waals surface area (Å²) in [7, 11) is 0. The summed E-state index contributed by atoms with van der Waals surface area (Å²) in [5, 5.41) is 13.1. The molecule has 39 heavy (non-hydrogen) atoms. The van der Waals surface area contributed by atoms with E-state index in [9.17, 15) is 13.9 Å². The van der Waals surface area contributed by atoms with Crippen molar-refractivity contribution >= 4 is 17.5 Å². The summed E-state index contributed by atoms with van der Waals surface area (Å²) in [5.41, 5.74) is 4.12. The molecule has 2 fully saturated rings. The molecule has 1 atom stereocenters. The number of rotatable bonds is 10. The van der Waals surface area contributed by atoms with Gasteiger partial charge in [-0.2, -0.15) is 8.78 Å². The molecule has 0 aromatic heterocycles. The van der Waals surface area contributed by atoms with Crippen molar-refractivity contribution in [1.29, 1.82) is 0 Å². The third-order valence-electron chi connectivity index (χ3n) is 8.32. The zero-order valence-corrected chi connectivity index (χ0v) is 22.8. The van der Waals surface area contributed by atoms with E-state index < -0.39 is 12.0 Å². The van der Waals surface area contributed by atoms with Crippen LogP contribution in [0.5, 0.6) is 0 Å². The maximum atomic E-state index is 14.1. The zero-order valence-electron chi connectivity index (χ0n) is 22.8. The molecule has 2 aliphatic carbocycles. The molecule has 5 rings (SSSR count). The zero-order chi connectivity index (χ0) is 27.3. The first-order chi connectivity index (χ1) is 18.8. The molecule has 3 aliphatic rings. The summed E-state index contributed by atoms with van der Waals surface area (Å²) >= 11 is 0. The van der Waals surface area contributed by atoms with Gasteiger partial charge in [-0.3, -0.25) is 0 Å². The van der Waals surface area contributed by atoms with Gasteiger partial charge < -0.3 is 15.2 Å². The third-order valence-corrected chi connectivity index (χ3v) is 8.32. The van der Waals surface area contributed by atoms with Gasteiger partial charge in [0.1, 0.15) is 6.10 Å². The fraction of sp³-hybridized carbons (Fsp3) is 0.485.